The lowest BCUT2D eigenvalue weighted by atomic mass is 9.83. The fourth-order valence-electron chi connectivity index (χ4n) is 4.46. The van der Waals surface area contributed by atoms with E-state index in [9.17, 15) is 36.4 Å². The number of carbonyl (C=O) groups excluding carboxylic acids is 2. The molecule has 1 aromatic heterocycles. The average molecular weight is 504 g/mol. The fraction of sp³-hybridized carbons (Fsp3) is 0.304. The van der Waals surface area contributed by atoms with Crippen molar-refractivity contribution in [3.63, 3.8) is 0 Å². The zero-order valence-electron chi connectivity index (χ0n) is 18.6. The first-order valence-corrected chi connectivity index (χ1v) is 12.3. The molecule has 35 heavy (non-hydrogen) atoms. The van der Waals surface area contributed by atoms with Gasteiger partial charge in [0.05, 0.1) is 28.3 Å². The van der Waals surface area contributed by atoms with Gasteiger partial charge in [-0.15, -0.1) is 0 Å². The molecule has 2 heterocycles. The number of benzene rings is 1. The summed E-state index contributed by atoms with van der Waals surface area (Å²) < 4.78 is 65.0. The highest BCUT2D eigenvalue weighted by atomic mass is 32.2. The van der Waals surface area contributed by atoms with E-state index >= 15 is 0 Å². The maximum absolute atomic E-state index is 13.5. The zero-order valence-corrected chi connectivity index (χ0v) is 19.4. The van der Waals surface area contributed by atoms with Gasteiger partial charge in [-0.2, -0.15) is 18.4 Å². The van der Waals surface area contributed by atoms with Crippen molar-refractivity contribution < 1.29 is 31.2 Å². The number of Topliss-reactive ketones (excluding diaryl/α,β-unsaturated/α-hetero) is 1. The van der Waals surface area contributed by atoms with E-state index in [2.05, 4.69) is 4.98 Å². The number of alkyl halides is 3. The first kappa shape index (κ1) is 24.4. The molecule has 8 nitrogen and oxygen atoms in total. The van der Waals surface area contributed by atoms with Gasteiger partial charge in [-0.25, -0.2) is 13.2 Å². The lowest BCUT2D eigenvalue weighted by molar-refractivity contribution is -0.141. The molecular weight excluding hydrogens is 485 g/mol. The van der Waals surface area contributed by atoms with Gasteiger partial charge in [0.1, 0.15) is 5.69 Å². The molecule has 1 atom stereocenters. The third-order valence-corrected chi connectivity index (χ3v) is 7.13. The van der Waals surface area contributed by atoms with Crippen LogP contribution in [-0.4, -0.2) is 43.4 Å². The van der Waals surface area contributed by atoms with E-state index < -0.39 is 33.8 Å². The van der Waals surface area contributed by atoms with E-state index in [0.29, 0.717) is 6.42 Å². The van der Waals surface area contributed by atoms with Crippen molar-refractivity contribution in [1.82, 2.24) is 9.88 Å². The van der Waals surface area contributed by atoms with E-state index in [4.69, 9.17) is 0 Å². The Labute approximate surface area is 199 Å². The molecule has 0 spiro atoms. The molecule has 1 aliphatic heterocycles. The van der Waals surface area contributed by atoms with Gasteiger partial charge < -0.3 is 4.90 Å². The minimum atomic E-state index is -4.74. The SMILES string of the molecule is CN1C(=O)N(c2ccnc(C(F)(F)F)c2)C2=C(C(=O)CCC2)[C@H]1c1ccc(C#N)cc1S(C)(=O)=O. The topological polar surface area (TPSA) is 111 Å². The van der Waals surface area contributed by atoms with Crippen LogP contribution in [0.5, 0.6) is 0 Å². The molecular formula is C23H19F3N4O4S. The molecule has 1 aliphatic carbocycles. The highest BCUT2D eigenvalue weighted by Gasteiger charge is 2.45. The van der Waals surface area contributed by atoms with E-state index in [1.54, 1.807) is 0 Å². The zero-order chi connectivity index (χ0) is 25.7. The van der Waals surface area contributed by atoms with Crippen LogP contribution < -0.4 is 4.90 Å². The number of anilines is 1. The number of halogens is 3. The number of amides is 2. The van der Waals surface area contributed by atoms with Crippen LogP contribution in [0.25, 0.3) is 0 Å². The molecule has 12 heteroatoms. The van der Waals surface area contributed by atoms with Gasteiger partial charge in [-0.05, 0) is 42.7 Å². The second-order valence-electron chi connectivity index (χ2n) is 8.30. The summed E-state index contributed by atoms with van der Waals surface area (Å²) in [6.07, 6.45) is -2.11. The Hall–Kier alpha value is -3.72. The van der Waals surface area contributed by atoms with Gasteiger partial charge >= 0.3 is 12.2 Å². The monoisotopic (exact) mass is 504 g/mol. The Morgan fingerprint density at radius 1 is 1.14 bits per heavy atom. The molecule has 1 aromatic carbocycles. The number of nitriles is 1. The van der Waals surface area contributed by atoms with Crippen LogP contribution in [0.15, 0.2) is 52.7 Å². The molecule has 2 aromatic rings. The van der Waals surface area contributed by atoms with Crippen LogP contribution in [0.1, 0.15) is 42.1 Å². The third-order valence-electron chi connectivity index (χ3n) is 5.98. The number of hydrogen-bond donors (Lipinski definition) is 0. The van der Waals surface area contributed by atoms with Crippen LogP contribution in [0.4, 0.5) is 23.7 Å². The molecule has 0 saturated heterocycles. The number of ketones is 1. The number of urea groups is 1. The number of rotatable bonds is 3. The predicted molar refractivity (Wildman–Crippen MR) is 118 cm³/mol. The summed E-state index contributed by atoms with van der Waals surface area (Å²) in [5, 5.41) is 9.23. The lowest BCUT2D eigenvalue weighted by Gasteiger charge is -2.44. The molecule has 0 N–H and O–H groups in total. The highest BCUT2D eigenvalue weighted by molar-refractivity contribution is 7.90. The molecule has 2 aliphatic rings. The predicted octanol–water partition coefficient (Wildman–Crippen LogP) is 4.00. The lowest BCUT2D eigenvalue weighted by Crippen LogP contribution is -2.50. The van der Waals surface area contributed by atoms with Gasteiger partial charge in [-0.1, -0.05) is 6.07 Å². The summed E-state index contributed by atoms with van der Waals surface area (Å²) in [6, 6.07) is 5.99. The second kappa shape index (κ2) is 8.49. The number of sulfone groups is 1. The van der Waals surface area contributed by atoms with Crippen molar-refractivity contribution in [2.45, 2.75) is 36.4 Å². The van der Waals surface area contributed by atoms with Crippen molar-refractivity contribution in [3.05, 3.63) is 64.6 Å². The first-order chi connectivity index (χ1) is 16.3. The van der Waals surface area contributed by atoms with Gasteiger partial charge in [0.25, 0.3) is 0 Å². The minimum Gasteiger partial charge on any atom is -0.316 e. The van der Waals surface area contributed by atoms with Crippen molar-refractivity contribution in [1.29, 1.82) is 5.26 Å². The van der Waals surface area contributed by atoms with Crippen LogP contribution in [0, 0.1) is 11.3 Å². The number of nitrogens with zero attached hydrogens (tertiary/aromatic N) is 4. The van der Waals surface area contributed by atoms with Crippen LogP contribution in [-0.2, 0) is 20.8 Å². The van der Waals surface area contributed by atoms with Crippen molar-refractivity contribution in [3.8, 4) is 6.07 Å². The van der Waals surface area contributed by atoms with Crippen LogP contribution >= 0.6 is 0 Å². The Morgan fingerprint density at radius 3 is 2.49 bits per heavy atom. The maximum Gasteiger partial charge on any atom is 0.433 e. The minimum absolute atomic E-state index is 0.0845. The average Bonchev–Trinajstić information content (AvgIpc) is 2.79. The quantitative estimate of drug-likeness (QED) is 0.625. The van der Waals surface area contributed by atoms with Crippen LogP contribution in [0.2, 0.25) is 0 Å². The largest absolute Gasteiger partial charge is 0.433 e. The Morgan fingerprint density at radius 2 is 1.86 bits per heavy atom. The summed E-state index contributed by atoms with van der Waals surface area (Å²) in [5.41, 5.74) is -0.719. The molecule has 182 valence electrons. The molecule has 0 unspecified atom stereocenters. The molecule has 0 saturated carbocycles. The normalized spacial score (nSPS) is 19.0. The summed E-state index contributed by atoms with van der Waals surface area (Å²) in [5.74, 6) is -0.338. The summed E-state index contributed by atoms with van der Waals surface area (Å²) in [6.45, 7) is 0. The fourth-order valence-corrected chi connectivity index (χ4v) is 5.41. The number of aromatic nitrogens is 1. The summed E-state index contributed by atoms with van der Waals surface area (Å²) in [7, 11) is -2.52. The van der Waals surface area contributed by atoms with Crippen molar-refractivity contribution in [2.24, 2.45) is 0 Å². The molecule has 0 bridgehead atoms. The number of hydrogen-bond acceptors (Lipinski definition) is 6. The number of allylic oxidation sites excluding steroid dienone is 1. The molecule has 0 radical (unpaired) electrons. The Bertz CT molecular complexity index is 1430. The molecule has 0 fully saturated rings. The van der Waals surface area contributed by atoms with Crippen molar-refractivity contribution >= 4 is 27.3 Å². The third kappa shape index (κ3) is 4.27. The molecule has 2 amide bonds. The number of likely N-dealkylation sites (N-methyl/N-ethyl adjacent to an activating group) is 1. The maximum atomic E-state index is 13.5. The Kier molecular flexibility index (Phi) is 5.92. The number of pyridine rings is 1. The standard InChI is InChI=1S/C23H19F3N4O4S/c1-29-21(15-7-6-13(12-27)10-18(15)35(2,33)34)20-16(4-3-5-17(20)31)30(22(29)32)14-8-9-28-19(11-14)23(24,25)26/h6-11,21H,3-5H2,1-2H3/t21-/m1/s1. The smallest absolute Gasteiger partial charge is 0.316 e. The summed E-state index contributed by atoms with van der Waals surface area (Å²) >= 11 is 0. The van der Waals surface area contributed by atoms with Crippen molar-refractivity contribution in [2.75, 3.05) is 18.2 Å². The van der Waals surface area contributed by atoms with E-state index in [1.807, 2.05) is 6.07 Å². The van der Waals surface area contributed by atoms with E-state index in [1.165, 1.54) is 31.3 Å². The van der Waals surface area contributed by atoms with Gasteiger partial charge in [0.15, 0.2) is 15.6 Å². The van der Waals surface area contributed by atoms with Crippen LogP contribution in [0.3, 0.4) is 0 Å². The first-order valence-electron chi connectivity index (χ1n) is 10.4. The molecule has 4 rings (SSSR count). The van der Waals surface area contributed by atoms with Gasteiger partial charge in [-0.3, -0.25) is 14.7 Å². The Balaban J connectivity index is 1.98. The van der Waals surface area contributed by atoms with Gasteiger partial charge in [0.2, 0.25) is 0 Å². The van der Waals surface area contributed by atoms with Gasteiger partial charge in [0, 0.05) is 37.2 Å². The van der Waals surface area contributed by atoms with E-state index in [-0.39, 0.29) is 51.6 Å². The van der Waals surface area contributed by atoms with E-state index in [0.717, 1.165) is 28.3 Å². The number of carbonyl (C=O) groups is 2. The summed E-state index contributed by atoms with van der Waals surface area (Å²) in [4.78, 5) is 32.0. The second-order valence-corrected chi connectivity index (χ2v) is 10.3. The highest BCUT2D eigenvalue weighted by Crippen LogP contribution is 2.45.